The van der Waals surface area contributed by atoms with Gasteiger partial charge in [-0.05, 0) is 56.5 Å². The van der Waals surface area contributed by atoms with Crippen molar-refractivity contribution in [3.63, 3.8) is 0 Å². The normalized spacial score (nSPS) is 12.3. The van der Waals surface area contributed by atoms with E-state index >= 15 is 0 Å². The summed E-state index contributed by atoms with van der Waals surface area (Å²) in [6.45, 7) is 7.01. The van der Waals surface area contributed by atoms with Crippen LogP contribution in [0.1, 0.15) is 38.3 Å². The van der Waals surface area contributed by atoms with Crippen LogP contribution < -0.4 is 9.62 Å². The lowest BCUT2D eigenvalue weighted by Crippen LogP contribution is -2.53. The lowest BCUT2D eigenvalue weighted by Gasteiger charge is -2.33. The van der Waals surface area contributed by atoms with Gasteiger partial charge in [-0.1, -0.05) is 48.9 Å². The Morgan fingerprint density at radius 2 is 1.73 bits per heavy atom. The predicted molar refractivity (Wildman–Crippen MR) is 133 cm³/mol. The van der Waals surface area contributed by atoms with Crippen molar-refractivity contribution >= 4 is 39.1 Å². The SMILES string of the molecule is CCC(C(=O)NC(C)C)N(Cc1ccccc1)C(=O)CN(c1ccc(Cl)cc1C)S(C)(=O)=O. The van der Waals surface area contributed by atoms with Crippen LogP contribution in [0.15, 0.2) is 48.5 Å². The molecule has 2 aromatic rings. The number of hydrogen-bond acceptors (Lipinski definition) is 4. The molecule has 1 atom stereocenters. The van der Waals surface area contributed by atoms with Crippen molar-refractivity contribution in [2.24, 2.45) is 0 Å². The highest BCUT2D eigenvalue weighted by Gasteiger charge is 2.32. The maximum atomic E-state index is 13.6. The number of rotatable bonds is 10. The van der Waals surface area contributed by atoms with Gasteiger partial charge >= 0.3 is 0 Å². The van der Waals surface area contributed by atoms with Crippen molar-refractivity contribution in [2.45, 2.75) is 52.7 Å². The zero-order valence-corrected chi connectivity index (χ0v) is 21.3. The highest BCUT2D eigenvalue weighted by atomic mass is 35.5. The molecule has 33 heavy (non-hydrogen) atoms. The van der Waals surface area contributed by atoms with Crippen LogP contribution >= 0.6 is 11.6 Å². The average molecular weight is 494 g/mol. The summed E-state index contributed by atoms with van der Waals surface area (Å²) in [4.78, 5) is 27.9. The third-order valence-electron chi connectivity index (χ3n) is 5.12. The smallest absolute Gasteiger partial charge is 0.244 e. The first-order valence-electron chi connectivity index (χ1n) is 10.8. The Morgan fingerprint density at radius 3 is 2.24 bits per heavy atom. The molecule has 1 unspecified atom stereocenters. The summed E-state index contributed by atoms with van der Waals surface area (Å²) in [7, 11) is -3.78. The van der Waals surface area contributed by atoms with Gasteiger partial charge < -0.3 is 10.2 Å². The number of amides is 2. The van der Waals surface area contributed by atoms with E-state index < -0.39 is 28.5 Å². The summed E-state index contributed by atoms with van der Waals surface area (Å²) in [5, 5.41) is 3.34. The molecule has 180 valence electrons. The summed E-state index contributed by atoms with van der Waals surface area (Å²) in [6.07, 6.45) is 1.44. The van der Waals surface area contributed by atoms with E-state index in [1.165, 1.54) is 4.90 Å². The van der Waals surface area contributed by atoms with Crippen LogP contribution in [0.5, 0.6) is 0 Å². The molecule has 0 saturated carbocycles. The van der Waals surface area contributed by atoms with E-state index in [0.717, 1.165) is 16.1 Å². The zero-order chi connectivity index (χ0) is 24.8. The molecule has 0 bridgehead atoms. The topological polar surface area (TPSA) is 86.8 Å². The Bertz CT molecular complexity index is 1070. The van der Waals surface area contributed by atoms with E-state index in [2.05, 4.69) is 5.32 Å². The standard InChI is InChI=1S/C24H32ClN3O4S/c1-6-21(24(30)26-17(2)3)27(15-19-10-8-7-9-11-19)23(29)16-28(33(5,31)32)22-13-12-20(25)14-18(22)4/h7-14,17,21H,6,15-16H2,1-5H3,(H,26,30). The molecular formula is C24H32ClN3O4S. The van der Waals surface area contributed by atoms with Crippen molar-refractivity contribution in [3.05, 3.63) is 64.7 Å². The van der Waals surface area contributed by atoms with E-state index in [-0.39, 0.29) is 18.5 Å². The molecule has 0 aliphatic rings. The van der Waals surface area contributed by atoms with Crippen molar-refractivity contribution in [1.82, 2.24) is 10.2 Å². The highest BCUT2D eigenvalue weighted by molar-refractivity contribution is 7.92. The number of halogens is 1. The fourth-order valence-electron chi connectivity index (χ4n) is 3.57. The van der Waals surface area contributed by atoms with Crippen LogP contribution in [0.3, 0.4) is 0 Å². The van der Waals surface area contributed by atoms with E-state index in [0.29, 0.717) is 22.7 Å². The van der Waals surface area contributed by atoms with Gasteiger partial charge in [0, 0.05) is 17.6 Å². The van der Waals surface area contributed by atoms with Gasteiger partial charge in [0.05, 0.1) is 11.9 Å². The van der Waals surface area contributed by atoms with Gasteiger partial charge in [-0.25, -0.2) is 8.42 Å². The van der Waals surface area contributed by atoms with E-state index in [1.54, 1.807) is 25.1 Å². The summed E-state index contributed by atoms with van der Waals surface area (Å²) < 4.78 is 26.4. The van der Waals surface area contributed by atoms with Crippen LogP contribution in [0.4, 0.5) is 5.69 Å². The van der Waals surface area contributed by atoms with Crippen LogP contribution in [0.2, 0.25) is 5.02 Å². The maximum Gasteiger partial charge on any atom is 0.244 e. The number of sulfonamides is 1. The number of carbonyl (C=O) groups excluding carboxylic acids is 2. The number of carbonyl (C=O) groups is 2. The molecule has 0 aliphatic carbocycles. The average Bonchev–Trinajstić information content (AvgIpc) is 2.71. The lowest BCUT2D eigenvalue weighted by atomic mass is 10.1. The molecule has 0 spiro atoms. The molecule has 2 amide bonds. The molecule has 0 saturated heterocycles. The third-order valence-corrected chi connectivity index (χ3v) is 6.48. The van der Waals surface area contributed by atoms with Gasteiger partial charge in [-0.2, -0.15) is 0 Å². The second-order valence-corrected chi connectivity index (χ2v) is 10.6. The lowest BCUT2D eigenvalue weighted by molar-refractivity contribution is -0.140. The molecule has 2 aromatic carbocycles. The fourth-order valence-corrected chi connectivity index (χ4v) is 4.71. The Labute approximate surface area is 201 Å². The largest absolute Gasteiger partial charge is 0.352 e. The Balaban J connectivity index is 2.45. The summed E-state index contributed by atoms with van der Waals surface area (Å²) in [6, 6.07) is 13.3. The quantitative estimate of drug-likeness (QED) is 0.546. The fraction of sp³-hybridized carbons (Fsp3) is 0.417. The van der Waals surface area contributed by atoms with Gasteiger partial charge in [0.2, 0.25) is 21.8 Å². The first kappa shape index (κ1) is 26.7. The first-order valence-corrected chi connectivity index (χ1v) is 13.0. The van der Waals surface area contributed by atoms with Crippen molar-refractivity contribution in [1.29, 1.82) is 0 Å². The summed E-state index contributed by atoms with van der Waals surface area (Å²) in [5.41, 5.74) is 1.84. The first-order chi connectivity index (χ1) is 15.4. The van der Waals surface area contributed by atoms with Gasteiger partial charge in [0.25, 0.3) is 0 Å². The molecule has 1 N–H and O–H groups in total. The van der Waals surface area contributed by atoms with E-state index in [4.69, 9.17) is 11.6 Å². The Morgan fingerprint density at radius 1 is 1.09 bits per heavy atom. The van der Waals surface area contributed by atoms with Gasteiger partial charge in [0.1, 0.15) is 12.6 Å². The van der Waals surface area contributed by atoms with Crippen LogP contribution in [0.25, 0.3) is 0 Å². The van der Waals surface area contributed by atoms with Crippen LogP contribution in [0, 0.1) is 6.92 Å². The number of benzene rings is 2. The molecular weight excluding hydrogens is 462 g/mol. The van der Waals surface area contributed by atoms with Crippen molar-refractivity contribution in [2.75, 3.05) is 17.1 Å². The number of nitrogens with one attached hydrogen (secondary N) is 1. The predicted octanol–water partition coefficient (Wildman–Crippen LogP) is 3.75. The van der Waals surface area contributed by atoms with Gasteiger partial charge in [0.15, 0.2) is 0 Å². The van der Waals surface area contributed by atoms with Crippen LogP contribution in [-0.2, 0) is 26.2 Å². The summed E-state index contributed by atoms with van der Waals surface area (Å²) >= 11 is 6.03. The molecule has 0 heterocycles. The Kier molecular flexibility index (Phi) is 9.31. The molecule has 0 radical (unpaired) electrons. The highest BCUT2D eigenvalue weighted by Crippen LogP contribution is 2.26. The van der Waals surface area contributed by atoms with E-state index in [9.17, 15) is 18.0 Å². The van der Waals surface area contributed by atoms with Gasteiger partial charge in [-0.15, -0.1) is 0 Å². The molecule has 7 nitrogen and oxygen atoms in total. The number of hydrogen-bond donors (Lipinski definition) is 1. The van der Waals surface area contributed by atoms with Crippen molar-refractivity contribution in [3.8, 4) is 0 Å². The second kappa shape index (κ2) is 11.5. The van der Waals surface area contributed by atoms with Crippen molar-refractivity contribution < 1.29 is 18.0 Å². The van der Waals surface area contributed by atoms with Crippen LogP contribution in [-0.4, -0.2) is 50.0 Å². The molecule has 9 heteroatoms. The minimum atomic E-state index is -3.78. The number of aryl methyl sites for hydroxylation is 1. The van der Waals surface area contributed by atoms with Gasteiger partial charge in [-0.3, -0.25) is 13.9 Å². The minimum Gasteiger partial charge on any atom is -0.352 e. The molecule has 0 aliphatic heterocycles. The maximum absolute atomic E-state index is 13.6. The third kappa shape index (κ3) is 7.47. The molecule has 0 aromatic heterocycles. The van der Waals surface area contributed by atoms with E-state index in [1.807, 2.05) is 51.1 Å². The molecule has 0 fully saturated rings. The zero-order valence-electron chi connectivity index (χ0n) is 19.7. The molecule has 2 rings (SSSR count). The Hall–Kier alpha value is -2.58. The monoisotopic (exact) mass is 493 g/mol. The summed E-state index contributed by atoms with van der Waals surface area (Å²) in [5.74, 6) is -0.741. The second-order valence-electron chi connectivity index (χ2n) is 8.30. The number of anilines is 1. The number of nitrogens with zero attached hydrogens (tertiary/aromatic N) is 2. The minimum absolute atomic E-state index is 0.0931.